The van der Waals surface area contributed by atoms with Gasteiger partial charge in [0, 0.05) is 11.7 Å². The molecule has 1 saturated heterocycles. The van der Waals surface area contributed by atoms with Crippen LogP contribution >= 0.6 is 0 Å². The molecule has 122 valence electrons. The second kappa shape index (κ2) is 5.28. The van der Waals surface area contributed by atoms with Crippen molar-refractivity contribution in [1.29, 1.82) is 0 Å². The Bertz CT molecular complexity index is 547. The van der Waals surface area contributed by atoms with Crippen LogP contribution in [0.4, 0.5) is 4.79 Å². The molecule has 2 heterocycles. The van der Waals surface area contributed by atoms with E-state index >= 15 is 0 Å². The molecule has 2 rings (SSSR count). The van der Waals surface area contributed by atoms with Crippen LogP contribution in [-0.4, -0.2) is 39.9 Å². The smallest absolute Gasteiger partial charge is 0.443 e. The fourth-order valence-corrected chi connectivity index (χ4v) is 1.89. The highest BCUT2D eigenvalue weighted by molar-refractivity contribution is 6.62. The largest absolute Gasteiger partial charge is 0.498 e. The Kier molecular flexibility index (Phi) is 4.04. The van der Waals surface area contributed by atoms with Crippen LogP contribution in [0, 0.1) is 0 Å². The van der Waals surface area contributed by atoms with Gasteiger partial charge < -0.3 is 14.0 Å². The highest BCUT2D eigenvalue weighted by atomic mass is 16.7. The van der Waals surface area contributed by atoms with Crippen LogP contribution in [0.3, 0.4) is 0 Å². The van der Waals surface area contributed by atoms with Gasteiger partial charge in [-0.1, -0.05) is 0 Å². The van der Waals surface area contributed by atoms with E-state index < -0.39 is 30.0 Å². The van der Waals surface area contributed by atoms with E-state index in [0.29, 0.717) is 0 Å². The number of hydrogen-bond donors (Lipinski definition) is 1. The minimum absolute atomic E-state index is 0.418. The molecule has 1 aromatic rings. The lowest BCUT2D eigenvalue weighted by molar-refractivity contribution is 0.00578. The normalized spacial score (nSPS) is 20.0. The molecule has 7 nitrogen and oxygen atoms in total. The van der Waals surface area contributed by atoms with Crippen molar-refractivity contribution in [2.45, 2.75) is 65.3 Å². The molecule has 0 saturated carbocycles. The van der Waals surface area contributed by atoms with Crippen molar-refractivity contribution in [3.8, 4) is 0 Å². The molecule has 0 unspecified atom stereocenters. The molecule has 8 heteroatoms. The fraction of sp³-hybridized carbons (Fsp3) is 0.714. The minimum Gasteiger partial charge on any atom is -0.443 e. The van der Waals surface area contributed by atoms with Gasteiger partial charge in [-0.25, -0.2) is 10.2 Å². The summed E-state index contributed by atoms with van der Waals surface area (Å²) in [6.45, 7) is 13.3. The lowest BCUT2D eigenvalue weighted by Crippen LogP contribution is -2.41. The summed E-state index contributed by atoms with van der Waals surface area (Å²) in [6, 6.07) is 0. The summed E-state index contributed by atoms with van der Waals surface area (Å²) in [5.74, 6) is 0. The number of ether oxygens (including phenoxy) is 1. The van der Waals surface area contributed by atoms with Gasteiger partial charge in [-0.3, -0.25) is 0 Å². The summed E-state index contributed by atoms with van der Waals surface area (Å²) in [5.41, 5.74) is 1.85. The molecule has 22 heavy (non-hydrogen) atoms. The van der Waals surface area contributed by atoms with E-state index in [2.05, 4.69) is 10.5 Å². The Morgan fingerprint density at radius 2 is 1.82 bits per heavy atom. The van der Waals surface area contributed by atoms with E-state index in [4.69, 9.17) is 14.0 Å². The average molecular weight is 309 g/mol. The minimum atomic E-state index is -0.573. The molecule has 0 atom stereocenters. The molecule has 0 aromatic carbocycles. The van der Waals surface area contributed by atoms with Crippen molar-refractivity contribution >= 4 is 18.7 Å². The van der Waals surface area contributed by atoms with Crippen LogP contribution < -0.4 is 10.9 Å². The lowest BCUT2D eigenvalue weighted by Gasteiger charge is -2.32. The van der Waals surface area contributed by atoms with Gasteiger partial charge >= 0.3 is 13.2 Å². The van der Waals surface area contributed by atoms with Gasteiger partial charge in [-0.15, -0.1) is 0 Å². The maximum Gasteiger partial charge on any atom is 0.498 e. The molecule has 1 aliphatic heterocycles. The zero-order valence-electron chi connectivity index (χ0n) is 14.3. The maximum atomic E-state index is 11.7. The summed E-state index contributed by atoms with van der Waals surface area (Å²) in [4.78, 5) is 13.0. The summed E-state index contributed by atoms with van der Waals surface area (Å²) >= 11 is 0. The van der Waals surface area contributed by atoms with E-state index in [0.717, 1.165) is 5.46 Å². The number of amides is 1. The molecule has 1 N–H and O–H groups in total. The number of hydrogen-bond acceptors (Lipinski definition) is 5. The van der Waals surface area contributed by atoms with Gasteiger partial charge in [-0.2, -0.15) is 9.89 Å². The Morgan fingerprint density at radius 3 is 2.32 bits per heavy atom. The highest BCUT2D eigenvalue weighted by Crippen LogP contribution is 2.36. The third kappa shape index (κ3) is 3.62. The first-order valence-corrected chi connectivity index (χ1v) is 7.30. The Labute approximate surface area is 131 Å². The summed E-state index contributed by atoms with van der Waals surface area (Å²) in [6.07, 6.45) is 2.67. The summed E-state index contributed by atoms with van der Waals surface area (Å²) in [5, 5.41) is 4.07. The zero-order chi connectivity index (χ0) is 16.8. The molecule has 1 aromatic heterocycles. The Morgan fingerprint density at radius 1 is 1.27 bits per heavy atom. The molecule has 1 aliphatic rings. The summed E-state index contributed by atoms with van der Waals surface area (Å²) in [7, 11) is -0.515. The van der Waals surface area contributed by atoms with Crippen LogP contribution in [0.15, 0.2) is 12.4 Å². The van der Waals surface area contributed by atoms with E-state index in [1.54, 1.807) is 33.2 Å². The van der Waals surface area contributed by atoms with Crippen molar-refractivity contribution in [1.82, 2.24) is 9.89 Å². The van der Waals surface area contributed by atoms with Gasteiger partial charge in [0.1, 0.15) is 5.60 Å². The van der Waals surface area contributed by atoms with E-state index in [1.165, 1.54) is 4.79 Å². The van der Waals surface area contributed by atoms with Gasteiger partial charge in [0.2, 0.25) is 0 Å². The number of aromatic nitrogens is 2. The molecule has 1 amide bonds. The summed E-state index contributed by atoms with van der Waals surface area (Å²) < 4.78 is 17.0. The van der Waals surface area contributed by atoms with Gasteiger partial charge in [0.15, 0.2) is 0 Å². The quantitative estimate of drug-likeness (QED) is 0.841. The number of rotatable bonds is 2. The molecule has 0 bridgehead atoms. The SMILES string of the molecule is CC(C)(C)OC(=O)Nn1cc(B2OC(C)(C)C(C)(C)O2)cn1. The Hall–Kier alpha value is -1.54. The lowest BCUT2D eigenvalue weighted by atomic mass is 9.82. The van der Waals surface area contributed by atoms with Crippen molar-refractivity contribution in [2.75, 3.05) is 5.43 Å². The van der Waals surface area contributed by atoms with Gasteiger partial charge in [0.25, 0.3) is 0 Å². The second-order valence-corrected chi connectivity index (χ2v) is 7.42. The van der Waals surface area contributed by atoms with Crippen LogP contribution in [0.2, 0.25) is 0 Å². The zero-order valence-corrected chi connectivity index (χ0v) is 14.3. The van der Waals surface area contributed by atoms with Crippen LogP contribution in [0.1, 0.15) is 48.5 Å². The van der Waals surface area contributed by atoms with Crippen molar-refractivity contribution in [2.24, 2.45) is 0 Å². The van der Waals surface area contributed by atoms with Crippen molar-refractivity contribution < 1.29 is 18.8 Å². The van der Waals surface area contributed by atoms with E-state index in [9.17, 15) is 4.79 Å². The third-order valence-corrected chi connectivity index (χ3v) is 3.73. The van der Waals surface area contributed by atoms with Crippen molar-refractivity contribution in [3.63, 3.8) is 0 Å². The van der Waals surface area contributed by atoms with E-state index in [-0.39, 0.29) is 0 Å². The third-order valence-electron chi connectivity index (χ3n) is 3.73. The predicted octanol–water partition coefficient (Wildman–Crippen LogP) is 1.66. The number of carbonyl (C=O) groups excluding carboxylic acids is 1. The molecule has 0 radical (unpaired) electrons. The molecule has 1 fully saturated rings. The molecular formula is C14H24BN3O4. The van der Waals surface area contributed by atoms with Gasteiger partial charge in [-0.05, 0) is 48.5 Å². The molecular weight excluding hydrogens is 285 g/mol. The fourth-order valence-electron chi connectivity index (χ4n) is 1.89. The molecule has 0 aliphatic carbocycles. The topological polar surface area (TPSA) is 74.6 Å². The Balaban J connectivity index is 2.03. The van der Waals surface area contributed by atoms with E-state index in [1.807, 2.05) is 27.7 Å². The van der Waals surface area contributed by atoms with Crippen LogP contribution in [0.25, 0.3) is 0 Å². The van der Waals surface area contributed by atoms with Crippen molar-refractivity contribution in [3.05, 3.63) is 12.4 Å². The predicted molar refractivity (Wildman–Crippen MR) is 83.5 cm³/mol. The van der Waals surface area contributed by atoms with Crippen LogP contribution in [-0.2, 0) is 14.0 Å². The van der Waals surface area contributed by atoms with Gasteiger partial charge in [0.05, 0.1) is 17.4 Å². The molecule has 0 spiro atoms. The number of nitrogens with one attached hydrogen (secondary N) is 1. The monoisotopic (exact) mass is 309 g/mol. The average Bonchev–Trinajstić information content (AvgIpc) is 2.79. The second-order valence-electron chi connectivity index (χ2n) is 7.42. The standard InChI is InChI=1S/C14H24BN3O4/c1-12(2,3)20-11(19)17-18-9-10(8-16-18)15-21-13(4,5)14(6,7)22-15/h8-9H,1-7H3,(H,17,19). The number of nitrogens with zero attached hydrogens (tertiary/aromatic N) is 2. The highest BCUT2D eigenvalue weighted by Gasteiger charge is 2.52. The van der Waals surface area contributed by atoms with Crippen LogP contribution in [0.5, 0.6) is 0 Å². The first-order valence-electron chi connectivity index (χ1n) is 7.30. The maximum absolute atomic E-state index is 11.7. The first kappa shape index (κ1) is 16.8. The number of carbonyl (C=O) groups is 1. The first-order chi connectivity index (χ1) is 9.90.